The third-order valence-electron chi connectivity index (χ3n) is 1.92. The van der Waals surface area contributed by atoms with Crippen LogP contribution in [0.3, 0.4) is 0 Å². The lowest BCUT2D eigenvalue weighted by Gasteiger charge is -1.97. The van der Waals surface area contributed by atoms with Crippen LogP contribution in [-0.4, -0.2) is 13.3 Å². The molecular formula is C13H15N. The number of hydrogen-bond acceptors (Lipinski definition) is 1. The van der Waals surface area contributed by atoms with E-state index in [1.807, 2.05) is 30.4 Å². The molecule has 0 N–H and O–H groups in total. The summed E-state index contributed by atoms with van der Waals surface area (Å²) in [6.45, 7) is 2.10. The van der Waals surface area contributed by atoms with Crippen molar-refractivity contribution in [2.45, 2.75) is 6.92 Å². The van der Waals surface area contributed by atoms with E-state index < -0.39 is 0 Å². The Kier molecular flexibility index (Phi) is 4.42. The van der Waals surface area contributed by atoms with Gasteiger partial charge in [-0.2, -0.15) is 0 Å². The summed E-state index contributed by atoms with van der Waals surface area (Å²) < 4.78 is 0. The average molecular weight is 185 g/mol. The van der Waals surface area contributed by atoms with E-state index in [4.69, 9.17) is 0 Å². The Balaban J connectivity index is 2.70. The highest BCUT2D eigenvalue weighted by molar-refractivity contribution is 5.73. The lowest BCUT2D eigenvalue weighted by molar-refractivity contribution is 1.48. The monoisotopic (exact) mass is 185 g/mol. The number of hydrogen-bond donors (Lipinski definition) is 0. The lowest BCUT2D eigenvalue weighted by Crippen LogP contribution is -1.76. The van der Waals surface area contributed by atoms with Crippen LogP contribution in [0.15, 0.2) is 53.6 Å². The fourth-order valence-corrected chi connectivity index (χ4v) is 1.13. The molecule has 0 unspecified atom stereocenters. The van der Waals surface area contributed by atoms with Crippen LogP contribution in [0.1, 0.15) is 12.5 Å². The molecule has 0 radical (unpaired) electrons. The summed E-state index contributed by atoms with van der Waals surface area (Å²) in [6, 6.07) is 10.3. The largest absolute Gasteiger partial charge is 0.297 e. The van der Waals surface area contributed by atoms with Gasteiger partial charge in [-0.25, -0.2) is 0 Å². The van der Waals surface area contributed by atoms with Crippen LogP contribution in [0.5, 0.6) is 0 Å². The Labute approximate surface area is 85.5 Å². The van der Waals surface area contributed by atoms with Crippen molar-refractivity contribution in [1.82, 2.24) is 0 Å². The van der Waals surface area contributed by atoms with E-state index >= 15 is 0 Å². The van der Waals surface area contributed by atoms with E-state index in [9.17, 15) is 0 Å². The van der Waals surface area contributed by atoms with Gasteiger partial charge in [-0.3, -0.25) is 4.99 Å². The van der Waals surface area contributed by atoms with Gasteiger partial charge in [0.25, 0.3) is 0 Å². The molecule has 0 heterocycles. The minimum absolute atomic E-state index is 1.26. The minimum Gasteiger partial charge on any atom is -0.297 e. The molecule has 0 fully saturated rings. The maximum Gasteiger partial charge on any atom is 0.0277 e. The zero-order chi connectivity index (χ0) is 10.2. The quantitative estimate of drug-likeness (QED) is 0.506. The van der Waals surface area contributed by atoms with E-state index in [0.717, 1.165) is 0 Å². The van der Waals surface area contributed by atoms with Gasteiger partial charge in [0.1, 0.15) is 0 Å². The number of aliphatic imine (C=N–C) groups is 1. The highest BCUT2D eigenvalue weighted by Crippen LogP contribution is 2.12. The zero-order valence-corrected chi connectivity index (χ0v) is 8.64. The van der Waals surface area contributed by atoms with Gasteiger partial charge in [0, 0.05) is 13.3 Å². The van der Waals surface area contributed by atoms with Crippen LogP contribution < -0.4 is 0 Å². The minimum atomic E-state index is 1.26. The molecule has 0 saturated heterocycles. The highest BCUT2D eigenvalue weighted by Gasteiger charge is 1.89. The number of nitrogens with zero attached hydrogens (tertiary/aromatic N) is 1. The molecule has 0 aliphatic rings. The van der Waals surface area contributed by atoms with Crippen molar-refractivity contribution in [2.24, 2.45) is 4.99 Å². The van der Waals surface area contributed by atoms with Gasteiger partial charge in [0.2, 0.25) is 0 Å². The van der Waals surface area contributed by atoms with Gasteiger partial charge in [-0.1, -0.05) is 42.5 Å². The van der Waals surface area contributed by atoms with Crippen LogP contribution >= 0.6 is 0 Å². The Morgan fingerprint density at radius 3 is 2.50 bits per heavy atom. The van der Waals surface area contributed by atoms with Crippen LogP contribution in [0.2, 0.25) is 0 Å². The molecule has 0 spiro atoms. The van der Waals surface area contributed by atoms with E-state index in [1.165, 1.54) is 11.1 Å². The Hall–Kier alpha value is -1.63. The second-order valence-electron chi connectivity index (χ2n) is 3.01. The maximum atomic E-state index is 3.86. The van der Waals surface area contributed by atoms with Crippen LogP contribution in [0, 0.1) is 0 Å². The topological polar surface area (TPSA) is 12.4 Å². The number of benzene rings is 1. The first-order valence-electron chi connectivity index (χ1n) is 4.65. The fraction of sp³-hybridized carbons (Fsp3) is 0.154. The van der Waals surface area contributed by atoms with Crippen molar-refractivity contribution in [3.63, 3.8) is 0 Å². The first kappa shape index (κ1) is 10.5. The van der Waals surface area contributed by atoms with Gasteiger partial charge in [-0.15, -0.1) is 0 Å². The van der Waals surface area contributed by atoms with Gasteiger partial charge in [0.05, 0.1) is 0 Å². The van der Waals surface area contributed by atoms with E-state index in [0.29, 0.717) is 0 Å². The predicted octanol–water partition coefficient (Wildman–Crippen LogP) is 3.35. The molecule has 1 nitrogen and oxygen atoms in total. The SMILES string of the molecule is CN=C/C=C\C=C(/C)c1ccccc1. The predicted molar refractivity (Wildman–Crippen MR) is 63.6 cm³/mol. The molecule has 1 heteroatoms. The standard InChI is InChI=1S/C13H15N/c1-12(8-6-7-11-14-2)13-9-4-3-5-10-13/h3-11H,1-2H3/b7-6-,12-8+,14-11?. The molecule has 0 aliphatic carbocycles. The third-order valence-corrected chi connectivity index (χ3v) is 1.92. The molecule has 0 saturated carbocycles. The molecule has 1 aromatic rings. The zero-order valence-electron chi connectivity index (χ0n) is 8.64. The van der Waals surface area contributed by atoms with Crippen LogP contribution in [0.4, 0.5) is 0 Å². The van der Waals surface area contributed by atoms with Gasteiger partial charge in [0.15, 0.2) is 0 Å². The smallest absolute Gasteiger partial charge is 0.0277 e. The third kappa shape index (κ3) is 3.40. The summed E-state index contributed by atoms with van der Waals surface area (Å²) in [6.07, 6.45) is 7.77. The maximum absolute atomic E-state index is 3.86. The summed E-state index contributed by atoms with van der Waals surface area (Å²) in [5, 5.41) is 0. The highest BCUT2D eigenvalue weighted by atomic mass is 14.6. The van der Waals surface area contributed by atoms with Crippen molar-refractivity contribution in [3.05, 3.63) is 54.1 Å². The second kappa shape index (κ2) is 5.92. The molecular weight excluding hydrogens is 170 g/mol. The molecule has 0 bridgehead atoms. The molecule has 72 valence electrons. The fourth-order valence-electron chi connectivity index (χ4n) is 1.13. The molecule has 1 rings (SSSR count). The summed E-state index contributed by atoms with van der Waals surface area (Å²) in [5.41, 5.74) is 2.51. The number of rotatable bonds is 3. The van der Waals surface area contributed by atoms with Gasteiger partial charge in [-0.05, 0) is 24.1 Å². The van der Waals surface area contributed by atoms with Crippen molar-refractivity contribution >= 4 is 11.8 Å². The Morgan fingerprint density at radius 2 is 1.86 bits per heavy atom. The van der Waals surface area contributed by atoms with E-state index in [-0.39, 0.29) is 0 Å². The average Bonchev–Trinajstić information content (AvgIpc) is 2.25. The molecule has 1 aromatic carbocycles. The van der Waals surface area contributed by atoms with Crippen LogP contribution in [-0.2, 0) is 0 Å². The number of allylic oxidation sites excluding steroid dienone is 4. The Morgan fingerprint density at radius 1 is 1.14 bits per heavy atom. The normalized spacial score (nSPS) is 12.9. The molecule has 0 aromatic heterocycles. The van der Waals surface area contributed by atoms with Crippen LogP contribution in [0.25, 0.3) is 5.57 Å². The summed E-state index contributed by atoms with van der Waals surface area (Å²) >= 11 is 0. The summed E-state index contributed by atoms with van der Waals surface area (Å²) in [7, 11) is 1.76. The lowest BCUT2D eigenvalue weighted by atomic mass is 10.1. The second-order valence-corrected chi connectivity index (χ2v) is 3.01. The van der Waals surface area contributed by atoms with E-state index in [2.05, 4.69) is 30.1 Å². The van der Waals surface area contributed by atoms with Crippen molar-refractivity contribution in [2.75, 3.05) is 7.05 Å². The van der Waals surface area contributed by atoms with Gasteiger partial charge >= 0.3 is 0 Å². The summed E-state index contributed by atoms with van der Waals surface area (Å²) in [4.78, 5) is 3.86. The molecule has 14 heavy (non-hydrogen) atoms. The molecule has 0 atom stereocenters. The molecule has 0 aliphatic heterocycles. The summed E-state index contributed by atoms with van der Waals surface area (Å²) in [5.74, 6) is 0. The van der Waals surface area contributed by atoms with Crippen molar-refractivity contribution < 1.29 is 0 Å². The Bertz CT molecular complexity index is 345. The first-order chi connectivity index (χ1) is 6.84. The van der Waals surface area contributed by atoms with Gasteiger partial charge < -0.3 is 0 Å². The first-order valence-corrected chi connectivity index (χ1v) is 4.65. The molecule has 0 amide bonds. The van der Waals surface area contributed by atoms with Crippen molar-refractivity contribution in [3.8, 4) is 0 Å². The van der Waals surface area contributed by atoms with E-state index in [1.54, 1.807) is 13.3 Å². The van der Waals surface area contributed by atoms with Crippen molar-refractivity contribution in [1.29, 1.82) is 0 Å².